The molecular formula is C20H31N3S. The van der Waals surface area contributed by atoms with Crippen molar-refractivity contribution in [2.75, 3.05) is 11.9 Å². The summed E-state index contributed by atoms with van der Waals surface area (Å²) in [6, 6.07) is 8.50. The summed E-state index contributed by atoms with van der Waals surface area (Å²) in [5.74, 6) is 0. The molecule has 2 atom stereocenters. The van der Waals surface area contributed by atoms with Crippen LogP contribution < -0.4 is 10.6 Å². The van der Waals surface area contributed by atoms with Crippen LogP contribution in [0, 0.1) is 13.8 Å². The number of hydrogen-bond donors (Lipinski definition) is 2. The normalized spacial score (nSPS) is 26.9. The summed E-state index contributed by atoms with van der Waals surface area (Å²) in [6.45, 7) is 7.80. The third-order valence-corrected chi connectivity index (χ3v) is 5.64. The van der Waals surface area contributed by atoms with Gasteiger partial charge in [0.15, 0.2) is 5.11 Å². The first-order chi connectivity index (χ1) is 11.5. The Labute approximate surface area is 152 Å². The second-order valence-corrected chi connectivity index (χ2v) is 8.03. The molecule has 1 aromatic carbocycles. The maximum atomic E-state index is 5.58. The predicted octanol–water partition coefficient (Wildman–Crippen LogP) is 4.39. The number of rotatable bonds is 4. The zero-order valence-electron chi connectivity index (χ0n) is 15.3. The highest BCUT2D eigenvalue weighted by Gasteiger charge is 2.37. The number of hydrogen-bond acceptors (Lipinski definition) is 2. The molecule has 2 heterocycles. The number of thiocarbonyl (C=S) groups is 1. The van der Waals surface area contributed by atoms with E-state index in [1.807, 2.05) is 0 Å². The fourth-order valence-electron chi connectivity index (χ4n) is 4.62. The molecule has 2 bridgehead atoms. The van der Waals surface area contributed by atoms with Crippen LogP contribution in [0.2, 0.25) is 0 Å². The van der Waals surface area contributed by atoms with Crippen LogP contribution in [0.15, 0.2) is 18.2 Å². The number of piperidine rings is 2. The van der Waals surface area contributed by atoms with Crippen molar-refractivity contribution in [1.29, 1.82) is 0 Å². The van der Waals surface area contributed by atoms with E-state index in [9.17, 15) is 0 Å². The summed E-state index contributed by atoms with van der Waals surface area (Å²) in [4.78, 5) is 2.77. The fourth-order valence-corrected chi connectivity index (χ4v) is 4.90. The van der Waals surface area contributed by atoms with Gasteiger partial charge in [-0.25, -0.2) is 0 Å². The Balaban J connectivity index is 1.57. The Morgan fingerprint density at radius 2 is 1.75 bits per heavy atom. The lowest BCUT2D eigenvalue weighted by atomic mass is 9.81. The first kappa shape index (κ1) is 17.7. The number of nitrogens with zero attached hydrogens (tertiary/aromatic N) is 1. The van der Waals surface area contributed by atoms with Crippen molar-refractivity contribution in [3.05, 3.63) is 29.3 Å². The Morgan fingerprint density at radius 1 is 1.12 bits per heavy atom. The molecule has 0 spiro atoms. The van der Waals surface area contributed by atoms with Crippen molar-refractivity contribution >= 4 is 23.0 Å². The summed E-state index contributed by atoms with van der Waals surface area (Å²) in [5, 5.41) is 7.74. The van der Waals surface area contributed by atoms with E-state index in [1.165, 1.54) is 56.2 Å². The van der Waals surface area contributed by atoms with Gasteiger partial charge in [0.25, 0.3) is 0 Å². The molecule has 0 radical (unpaired) electrons. The molecule has 0 saturated carbocycles. The molecule has 2 fully saturated rings. The first-order valence-corrected chi connectivity index (χ1v) is 9.87. The van der Waals surface area contributed by atoms with E-state index < -0.39 is 0 Å². The van der Waals surface area contributed by atoms with Crippen molar-refractivity contribution in [2.24, 2.45) is 0 Å². The first-order valence-electron chi connectivity index (χ1n) is 9.46. The Hall–Kier alpha value is -1.13. The predicted molar refractivity (Wildman–Crippen MR) is 107 cm³/mol. The number of nitrogens with one attached hydrogen (secondary N) is 2. The summed E-state index contributed by atoms with van der Waals surface area (Å²) in [7, 11) is 0. The molecule has 1 aromatic rings. The van der Waals surface area contributed by atoms with Crippen LogP contribution in [0.25, 0.3) is 0 Å². The van der Waals surface area contributed by atoms with Gasteiger partial charge in [0.2, 0.25) is 0 Å². The van der Waals surface area contributed by atoms with Crippen LogP contribution in [-0.2, 0) is 0 Å². The van der Waals surface area contributed by atoms with Crippen LogP contribution >= 0.6 is 12.2 Å². The van der Waals surface area contributed by atoms with E-state index in [-0.39, 0.29) is 0 Å². The third-order valence-electron chi connectivity index (χ3n) is 5.42. The standard InChI is InChI=1S/C20H31N3S/c1-4-8-23-18-6-5-7-19(23)13-17(12-18)22-20(24)21-16-10-14(2)9-15(3)11-16/h9-11,17-19H,4-8,12-13H2,1-3H3,(H2,21,22,24)/t18-,19-/m0/s1. The minimum absolute atomic E-state index is 0.513. The SMILES string of the molecule is CCCN1[C@H]2CCC[C@H]1CC(NC(=S)Nc1cc(C)cc(C)c1)C2. The second-order valence-electron chi connectivity index (χ2n) is 7.62. The highest BCUT2D eigenvalue weighted by Crippen LogP contribution is 2.34. The van der Waals surface area contributed by atoms with Crippen molar-refractivity contribution in [3.63, 3.8) is 0 Å². The molecule has 4 heteroatoms. The van der Waals surface area contributed by atoms with E-state index >= 15 is 0 Å². The van der Waals surface area contributed by atoms with Crippen LogP contribution in [0.1, 0.15) is 56.6 Å². The van der Waals surface area contributed by atoms with Crippen LogP contribution in [0.4, 0.5) is 5.69 Å². The van der Waals surface area contributed by atoms with Gasteiger partial charge in [-0.15, -0.1) is 0 Å². The highest BCUT2D eigenvalue weighted by molar-refractivity contribution is 7.80. The van der Waals surface area contributed by atoms with Gasteiger partial charge in [-0.2, -0.15) is 0 Å². The summed E-state index contributed by atoms with van der Waals surface area (Å²) in [6.07, 6.45) is 7.82. The van der Waals surface area contributed by atoms with Gasteiger partial charge in [-0.3, -0.25) is 4.90 Å². The number of aryl methyl sites for hydroxylation is 2. The van der Waals surface area contributed by atoms with Crippen LogP contribution in [-0.4, -0.2) is 34.7 Å². The molecule has 3 rings (SSSR count). The van der Waals surface area contributed by atoms with Crippen molar-refractivity contribution in [2.45, 2.75) is 77.4 Å². The largest absolute Gasteiger partial charge is 0.360 e. The van der Waals surface area contributed by atoms with E-state index in [1.54, 1.807) is 0 Å². The molecule has 24 heavy (non-hydrogen) atoms. The van der Waals surface area contributed by atoms with E-state index in [2.05, 4.69) is 54.5 Å². The maximum absolute atomic E-state index is 5.58. The minimum Gasteiger partial charge on any atom is -0.360 e. The van der Waals surface area contributed by atoms with Gasteiger partial charge in [0, 0.05) is 23.8 Å². The summed E-state index contributed by atoms with van der Waals surface area (Å²) < 4.78 is 0. The summed E-state index contributed by atoms with van der Waals surface area (Å²) >= 11 is 5.58. The van der Waals surface area contributed by atoms with Crippen LogP contribution in [0.3, 0.4) is 0 Å². The van der Waals surface area contributed by atoms with Gasteiger partial charge < -0.3 is 10.6 Å². The van der Waals surface area contributed by atoms with E-state index in [4.69, 9.17) is 12.2 Å². The third kappa shape index (κ3) is 4.28. The zero-order chi connectivity index (χ0) is 17.1. The van der Waals surface area contributed by atoms with Gasteiger partial charge in [-0.1, -0.05) is 19.4 Å². The molecule has 2 aliphatic rings. The number of anilines is 1. The highest BCUT2D eigenvalue weighted by atomic mass is 32.1. The molecule has 2 aliphatic heterocycles. The molecule has 2 saturated heterocycles. The van der Waals surface area contributed by atoms with Gasteiger partial charge >= 0.3 is 0 Å². The second kappa shape index (κ2) is 7.83. The van der Waals surface area contributed by atoms with Gasteiger partial charge in [0.1, 0.15) is 0 Å². The average molecular weight is 346 g/mol. The Bertz CT molecular complexity index is 552. The topological polar surface area (TPSA) is 27.3 Å². The lowest BCUT2D eigenvalue weighted by molar-refractivity contribution is 0.0284. The number of fused-ring (bicyclic) bond motifs is 2. The molecular weight excluding hydrogens is 314 g/mol. The molecule has 0 amide bonds. The lowest BCUT2D eigenvalue weighted by Crippen LogP contribution is -2.57. The van der Waals surface area contributed by atoms with Gasteiger partial charge in [0.05, 0.1) is 0 Å². The van der Waals surface area contributed by atoms with E-state index in [0.29, 0.717) is 6.04 Å². The Kier molecular flexibility index (Phi) is 5.77. The molecule has 132 valence electrons. The van der Waals surface area contributed by atoms with Crippen LogP contribution in [0.5, 0.6) is 0 Å². The molecule has 0 aromatic heterocycles. The zero-order valence-corrected chi connectivity index (χ0v) is 16.1. The molecule has 0 aliphatic carbocycles. The molecule has 3 nitrogen and oxygen atoms in total. The van der Waals surface area contributed by atoms with Crippen molar-refractivity contribution in [1.82, 2.24) is 10.2 Å². The van der Waals surface area contributed by atoms with Gasteiger partial charge in [-0.05, 0) is 88.0 Å². The van der Waals surface area contributed by atoms with Crippen molar-refractivity contribution < 1.29 is 0 Å². The monoisotopic (exact) mass is 345 g/mol. The minimum atomic E-state index is 0.513. The lowest BCUT2D eigenvalue weighted by Gasteiger charge is -2.49. The van der Waals surface area contributed by atoms with Crippen molar-refractivity contribution in [3.8, 4) is 0 Å². The van der Waals surface area contributed by atoms with E-state index in [0.717, 1.165) is 22.9 Å². The average Bonchev–Trinajstić information content (AvgIpc) is 2.47. The number of benzene rings is 1. The quantitative estimate of drug-likeness (QED) is 0.792. The smallest absolute Gasteiger partial charge is 0.170 e. The molecule has 2 N–H and O–H groups in total. The Morgan fingerprint density at radius 3 is 2.33 bits per heavy atom. The fraction of sp³-hybridized carbons (Fsp3) is 0.650. The molecule has 0 unspecified atom stereocenters. The maximum Gasteiger partial charge on any atom is 0.170 e. The summed E-state index contributed by atoms with van der Waals surface area (Å²) in [5.41, 5.74) is 3.62.